The van der Waals surface area contributed by atoms with E-state index < -0.39 is 0 Å². The minimum Gasteiger partial charge on any atom is -0.296 e. The molecule has 0 aromatic carbocycles. The molecule has 0 aliphatic heterocycles. The van der Waals surface area contributed by atoms with E-state index in [-0.39, 0.29) is 5.92 Å². The van der Waals surface area contributed by atoms with Crippen molar-refractivity contribution in [1.29, 1.82) is 0 Å². The van der Waals surface area contributed by atoms with Gasteiger partial charge in [-0.3, -0.25) is 9.79 Å². The average Bonchev–Trinajstić information content (AvgIpc) is 3.32. The summed E-state index contributed by atoms with van der Waals surface area (Å²) in [6.07, 6.45) is 2.42. The number of aliphatic imine (C=N–C) groups is 1. The first-order chi connectivity index (χ1) is 13.9. The van der Waals surface area contributed by atoms with Crippen LogP contribution < -0.4 is 0 Å². The highest BCUT2D eigenvalue weighted by molar-refractivity contribution is 5.76. The number of carbonyl (C=O) groups is 1. The quantitative estimate of drug-likeness (QED) is 0.386. The number of fused-ring (bicyclic) bond motifs is 2. The minimum atomic E-state index is 0.236. The van der Waals surface area contributed by atoms with Crippen molar-refractivity contribution in [2.24, 2.45) is 4.99 Å². The van der Waals surface area contributed by atoms with Crippen molar-refractivity contribution < 1.29 is 4.79 Å². The van der Waals surface area contributed by atoms with E-state index in [2.05, 4.69) is 49.4 Å². The number of nitrogens with zero attached hydrogens (tertiary/aromatic N) is 9. The zero-order valence-electron chi connectivity index (χ0n) is 17.1. The van der Waals surface area contributed by atoms with Crippen LogP contribution in [0.3, 0.4) is 0 Å². The van der Waals surface area contributed by atoms with Crippen LogP contribution in [-0.2, 0) is 0 Å². The van der Waals surface area contributed by atoms with Crippen LogP contribution in [-0.4, -0.2) is 59.2 Å². The van der Waals surface area contributed by atoms with E-state index in [1.807, 2.05) is 26.0 Å². The molecule has 29 heavy (non-hydrogen) atoms. The average molecular weight is 393 g/mol. The lowest BCUT2D eigenvalue weighted by Crippen LogP contribution is -2.03. The van der Waals surface area contributed by atoms with Gasteiger partial charge in [0.1, 0.15) is 11.4 Å². The topological polar surface area (TPSA) is 116 Å². The number of hydrogen-bond donors (Lipinski definition) is 0. The summed E-state index contributed by atoms with van der Waals surface area (Å²) < 4.78 is 3.37. The van der Waals surface area contributed by atoms with Gasteiger partial charge in [0.25, 0.3) is 0 Å². The molecule has 0 fully saturated rings. The lowest BCUT2D eigenvalue weighted by Gasteiger charge is -2.01. The van der Waals surface area contributed by atoms with Crippen LogP contribution in [0, 0.1) is 0 Å². The second kappa shape index (κ2) is 8.63. The summed E-state index contributed by atoms with van der Waals surface area (Å²) in [5.74, 6) is 2.18. The summed E-state index contributed by atoms with van der Waals surface area (Å²) in [5, 5.41) is 24.6. The van der Waals surface area contributed by atoms with Crippen LogP contribution in [0.1, 0.15) is 67.4 Å². The maximum absolute atomic E-state index is 10.5. The molecule has 150 valence electrons. The second-order valence-corrected chi connectivity index (χ2v) is 6.99. The van der Waals surface area contributed by atoms with E-state index in [0.29, 0.717) is 23.5 Å². The minimum absolute atomic E-state index is 0.236. The van der Waals surface area contributed by atoms with E-state index in [1.54, 1.807) is 34.4 Å². The molecule has 0 spiro atoms. The number of carbonyl (C=O) groups excluding carboxylic acids is 1. The molecule has 0 saturated carbocycles. The Kier molecular flexibility index (Phi) is 6.01. The summed E-state index contributed by atoms with van der Waals surface area (Å²) in [4.78, 5) is 14.5. The van der Waals surface area contributed by atoms with Gasteiger partial charge < -0.3 is 0 Å². The highest BCUT2D eigenvalue weighted by Gasteiger charge is 2.11. The van der Waals surface area contributed by atoms with Gasteiger partial charge in [0.15, 0.2) is 29.2 Å². The fourth-order valence-corrected chi connectivity index (χ4v) is 2.62. The smallest absolute Gasteiger partial charge is 0.177 e. The Morgan fingerprint density at radius 2 is 1.28 bits per heavy atom. The lowest BCUT2D eigenvalue weighted by molar-refractivity contribution is 0.111. The Morgan fingerprint density at radius 1 is 0.793 bits per heavy atom. The van der Waals surface area contributed by atoms with E-state index in [4.69, 9.17) is 0 Å². The Labute approximate surface area is 167 Å². The third kappa shape index (κ3) is 4.31. The number of rotatable bonds is 4. The lowest BCUT2D eigenvalue weighted by atomic mass is 10.2. The molecule has 0 N–H and O–H groups in total. The first-order valence-corrected chi connectivity index (χ1v) is 9.26. The molecule has 0 amide bonds. The molecule has 4 rings (SSSR count). The second-order valence-electron chi connectivity index (χ2n) is 6.99. The molecular formula is C19H23N9O. The zero-order chi connectivity index (χ0) is 21.0. The molecule has 0 atom stereocenters. The van der Waals surface area contributed by atoms with Gasteiger partial charge in [-0.05, 0) is 24.3 Å². The van der Waals surface area contributed by atoms with E-state index in [0.717, 1.165) is 23.0 Å². The van der Waals surface area contributed by atoms with Gasteiger partial charge in [-0.15, -0.1) is 20.4 Å². The first kappa shape index (κ1) is 20.2. The fourth-order valence-electron chi connectivity index (χ4n) is 2.62. The van der Waals surface area contributed by atoms with Crippen LogP contribution in [0.5, 0.6) is 0 Å². The highest BCUT2D eigenvalue weighted by Crippen LogP contribution is 2.12. The highest BCUT2D eigenvalue weighted by atomic mass is 16.1. The summed E-state index contributed by atoms with van der Waals surface area (Å²) in [6.45, 7) is 8.15. The van der Waals surface area contributed by atoms with Crippen molar-refractivity contribution in [2.45, 2.75) is 39.5 Å². The molecule has 0 radical (unpaired) electrons. The SMILES string of the molecule is CC(C)c1nnc2ccc(C=O)nn12.CN=Cc1ccc2nnc(C(C)C)n2n1. The van der Waals surface area contributed by atoms with Gasteiger partial charge in [-0.1, -0.05) is 27.7 Å². The predicted molar refractivity (Wildman–Crippen MR) is 109 cm³/mol. The monoisotopic (exact) mass is 393 g/mol. The number of aldehydes is 1. The third-order valence-electron chi connectivity index (χ3n) is 4.03. The Balaban J connectivity index is 0.000000166. The largest absolute Gasteiger partial charge is 0.296 e. The number of aromatic nitrogens is 8. The molecule has 4 heterocycles. The molecule has 4 aromatic heterocycles. The van der Waals surface area contributed by atoms with Crippen LogP contribution in [0.15, 0.2) is 29.3 Å². The Hall–Kier alpha value is -3.56. The molecule has 4 aromatic rings. The van der Waals surface area contributed by atoms with Crippen LogP contribution in [0.2, 0.25) is 0 Å². The summed E-state index contributed by atoms with van der Waals surface area (Å²) in [5.41, 5.74) is 2.64. The maximum Gasteiger partial charge on any atom is 0.177 e. The van der Waals surface area contributed by atoms with E-state index in [9.17, 15) is 4.79 Å². The van der Waals surface area contributed by atoms with Crippen molar-refractivity contribution in [3.05, 3.63) is 47.3 Å². The molecule has 0 unspecified atom stereocenters. The molecule has 0 saturated heterocycles. The van der Waals surface area contributed by atoms with Crippen molar-refractivity contribution in [1.82, 2.24) is 39.6 Å². The van der Waals surface area contributed by atoms with Crippen LogP contribution >= 0.6 is 0 Å². The van der Waals surface area contributed by atoms with Gasteiger partial charge >= 0.3 is 0 Å². The third-order valence-corrected chi connectivity index (χ3v) is 4.03. The molecule has 0 aliphatic carbocycles. The van der Waals surface area contributed by atoms with Crippen LogP contribution in [0.4, 0.5) is 0 Å². The van der Waals surface area contributed by atoms with E-state index in [1.165, 1.54) is 0 Å². The standard InChI is InChI=1S/C10H13N5.C9H10N4O/c1-7(2)10-13-12-9-5-4-8(6-11-3)14-15(9)10;1-6(2)9-11-10-8-4-3-7(5-14)12-13(8)9/h4-7H,1-3H3;3-6H,1-2H3. The Bertz CT molecular complexity index is 1160. The molecule has 0 bridgehead atoms. The van der Waals surface area contributed by atoms with Gasteiger partial charge in [0.2, 0.25) is 0 Å². The maximum atomic E-state index is 10.5. The molecule has 10 heteroatoms. The van der Waals surface area contributed by atoms with Crippen molar-refractivity contribution in [2.75, 3.05) is 7.05 Å². The number of hydrogen-bond acceptors (Lipinski definition) is 8. The van der Waals surface area contributed by atoms with Gasteiger partial charge in [0.05, 0.1) is 0 Å². The predicted octanol–water partition coefficient (Wildman–Crippen LogP) is 2.36. The van der Waals surface area contributed by atoms with Crippen LogP contribution in [0.25, 0.3) is 11.3 Å². The molecule has 0 aliphatic rings. The van der Waals surface area contributed by atoms with Crippen molar-refractivity contribution in [3.8, 4) is 0 Å². The van der Waals surface area contributed by atoms with Gasteiger partial charge in [-0.2, -0.15) is 19.2 Å². The van der Waals surface area contributed by atoms with Crippen molar-refractivity contribution >= 4 is 23.8 Å². The molecule has 10 nitrogen and oxygen atoms in total. The zero-order valence-corrected chi connectivity index (χ0v) is 17.1. The summed E-state index contributed by atoms with van der Waals surface area (Å²) in [6, 6.07) is 7.13. The normalized spacial score (nSPS) is 11.6. The van der Waals surface area contributed by atoms with Gasteiger partial charge in [-0.25, -0.2) is 0 Å². The fraction of sp³-hybridized carbons (Fsp3) is 0.368. The molecular weight excluding hydrogens is 370 g/mol. The first-order valence-electron chi connectivity index (χ1n) is 9.26. The van der Waals surface area contributed by atoms with E-state index >= 15 is 0 Å². The Morgan fingerprint density at radius 3 is 1.72 bits per heavy atom. The van der Waals surface area contributed by atoms with Crippen molar-refractivity contribution in [3.63, 3.8) is 0 Å². The summed E-state index contributed by atoms with van der Waals surface area (Å²) >= 11 is 0. The summed E-state index contributed by atoms with van der Waals surface area (Å²) in [7, 11) is 1.72. The van der Waals surface area contributed by atoms with Gasteiger partial charge in [0, 0.05) is 25.1 Å².